The number of hydrogen-bond acceptors (Lipinski definition) is 2. The van der Waals surface area contributed by atoms with Crippen molar-refractivity contribution in [3.63, 3.8) is 0 Å². The molecule has 2 aromatic carbocycles. The molecule has 0 saturated carbocycles. The highest BCUT2D eigenvalue weighted by molar-refractivity contribution is 5.76. The lowest BCUT2D eigenvalue weighted by Gasteiger charge is -2.20. The van der Waals surface area contributed by atoms with E-state index in [1.54, 1.807) is 6.92 Å². The van der Waals surface area contributed by atoms with Crippen molar-refractivity contribution in [1.82, 2.24) is 5.32 Å². The summed E-state index contributed by atoms with van der Waals surface area (Å²) in [5.41, 5.74) is 1.39. The molecule has 2 rings (SSSR count). The van der Waals surface area contributed by atoms with E-state index < -0.39 is 23.8 Å². The summed E-state index contributed by atoms with van der Waals surface area (Å²) in [6.07, 6.45) is 0.736. The van der Waals surface area contributed by atoms with Gasteiger partial charge in [-0.1, -0.05) is 36.4 Å². The van der Waals surface area contributed by atoms with Crippen LogP contribution in [-0.2, 0) is 11.2 Å². The summed E-state index contributed by atoms with van der Waals surface area (Å²) in [5.74, 6) is -2.17. The summed E-state index contributed by atoms with van der Waals surface area (Å²) in [5, 5.41) is 12.8. The molecule has 2 unspecified atom stereocenters. The third-order valence-electron chi connectivity index (χ3n) is 3.86. The van der Waals surface area contributed by atoms with Gasteiger partial charge in [0.05, 0.1) is 12.1 Å². The lowest BCUT2D eigenvalue weighted by Crippen LogP contribution is -2.37. The Balaban J connectivity index is 1.81. The number of halogens is 2. The van der Waals surface area contributed by atoms with Crippen LogP contribution in [-0.4, -0.2) is 17.1 Å². The lowest BCUT2D eigenvalue weighted by atomic mass is 10.0. The van der Waals surface area contributed by atoms with Gasteiger partial charge < -0.3 is 10.4 Å². The van der Waals surface area contributed by atoms with Crippen LogP contribution >= 0.6 is 0 Å². The molecule has 0 aromatic heterocycles. The number of nitrogens with one attached hydrogen (secondary N) is 1. The molecule has 0 fully saturated rings. The zero-order chi connectivity index (χ0) is 17.5. The third kappa shape index (κ3) is 5.13. The number of amides is 1. The predicted octanol–water partition coefficient (Wildman–Crippen LogP) is 3.53. The number of aliphatic hydroxyl groups is 1. The maximum absolute atomic E-state index is 13.2. The van der Waals surface area contributed by atoms with Gasteiger partial charge in [0, 0.05) is 6.42 Å². The number of carbonyl (C=O) groups excluding carboxylic acids is 1. The number of aryl methyl sites for hydroxylation is 1. The van der Waals surface area contributed by atoms with Gasteiger partial charge in [-0.25, -0.2) is 8.78 Å². The minimum absolute atomic E-state index is 0.180. The Labute approximate surface area is 140 Å². The molecule has 1 amide bonds. The Morgan fingerprint density at radius 1 is 1.12 bits per heavy atom. The molecular weight excluding hydrogens is 312 g/mol. The standard InChI is InChI=1S/C19H21F2NO2/c1-13(19(24)15-10-11-16(20)17(21)12-15)22-18(23)9-5-8-14-6-3-2-4-7-14/h2-4,6-7,10-13,19,24H,5,8-9H2,1H3,(H,22,23). The number of benzene rings is 2. The van der Waals surface area contributed by atoms with Crippen LogP contribution in [0.2, 0.25) is 0 Å². The Bertz CT molecular complexity index is 676. The van der Waals surface area contributed by atoms with E-state index in [1.165, 1.54) is 11.6 Å². The fourth-order valence-corrected chi connectivity index (χ4v) is 2.49. The van der Waals surface area contributed by atoms with Crippen LogP contribution in [0.1, 0.15) is 37.0 Å². The SMILES string of the molecule is CC(NC(=O)CCCc1ccccc1)C(O)c1ccc(F)c(F)c1. The van der Waals surface area contributed by atoms with E-state index >= 15 is 0 Å². The summed E-state index contributed by atoms with van der Waals surface area (Å²) < 4.78 is 26.1. The molecule has 0 aliphatic heterocycles. The fraction of sp³-hybridized carbons (Fsp3) is 0.316. The summed E-state index contributed by atoms with van der Waals surface area (Å²) in [6, 6.07) is 12.5. The first kappa shape index (κ1) is 18.1. The van der Waals surface area contributed by atoms with Crippen molar-refractivity contribution in [2.24, 2.45) is 0 Å². The van der Waals surface area contributed by atoms with Crippen LogP contribution in [0.5, 0.6) is 0 Å². The van der Waals surface area contributed by atoms with Crippen LogP contribution in [0.15, 0.2) is 48.5 Å². The highest BCUT2D eigenvalue weighted by Crippen LogP contribution is 2.19. The van der Waals surface area contributed by atoms with Crippen LogP contribution in [0.25, 0.3) is 0 Å². The maximum atomic E-state index is 13.2. The molecule has 2 aromatic rings. The van der Waals surface area contributed by atoms with Crippen molar-refractivity contribution < 1.29 is 18.7 Å². The quantitative estimate of drug-likeness (QED) is 0.814. The van der Waals surface area contributed by atoms with E-state index in [0.29, 0.717) is 12.8 Å². The van der Waals surface area contributed by atoms with E-state index in [9.17, 15) is 18.7 Å². The van der Waals surface area contributed by atoms with E-state index in [2.05, 4.69) is 5.32 Å². The Morgan fingerprint density at radius 3 is 2.50 bits per heavy atom. The zero-order valence-corrected chi connectivity index (χ0v) is 13.5. The van der Waals surface area contributed by atoms with Gasteiger partial charge in [0.2, 0.25) is 5.91 Å². The van der Waals surface area contributed by atoms with Gasteiger partial charge in [-0.3, -0.25) is 4.79 Å². The van der Waals surface area contributed by atoms with E-state index in [1.807, 2.05) is 30.3 Å². The second kappa shape index (κ2) is 8.55. The highest BCUT2D eigenvalue weighted by Gasteiger charge is 2.19. The molecule has 2 atom stereocenters. The summed E-state index contributed by atoms with van der Waals surface area (Å²) >= 11 is 0. The van der Waals surface area contributed by atoms with Crippen LogP contribution in [0.4, 0.5) is 8.78 Å². The van der Waals surface area contributed by atoms with Gasteiger partial charge in [-0.2, -0.15) is 0 Å². The highest BCUT2D eigenvalue weighted by atomic mass is 19.2. The van der Waals surface area contributed by atoms with Crippen LogP contribution in [0.3, 0.4) is 0 Å². The normalized spacial score (nSPS) is 13.3. The summed E-state index contributed by atoms with van der Waals surface area (Å²) in [4.78, 5) is 11.9. The second-order valence-corrected chi connectivity index (χ2v) is 5.81. The Kier molecular flexibility index (Phi) is 6.44. The predicted molar refractivity (Wildman–Crippen MR) is 88.3 cm³/mol. The van der Waals surface area contributed by atoms with Gasteiger partial charge in [0.1, 0.15) is 0 Å². The number of aliphatic hydroxyl groups excluding tert-OH is 1. The van der Waals surface area contributed by atoms with Gasteiger partial charge >= 0.3 is 0 Å². The monoisotopic (exact) mass is 333 g/mol. The molecule has 3 nitrogen and oxygen atoms in total. The Hall–Kier alpha value is -2.27. The molecule has 0 spiro atoms. The third-order valence-corrected chi connectivity index (χ3v) is 3.86. The molecule has 0 radical (unpaired) electrons. The van der Waals surface area contributed by atoms with E-state index in [-0.39, 0.29) is 11.5 Å². The molecule has 5 heteroatoms. The van der Waals surface area contributed by atoms with E-state index in [4.69, 9.17) is 0 Å². The Morgan fingerprint density at radius 2 is 1.83 bits per heavy atom. The molecule has 0 saturated heterocycles. The number of carbonyl (C=O) groups is 1. The molecular formula is C19H21F2NO2. The van der Waals surface area contributed by atoms with E-state index in [0.717, 1.165) is 18.6 Å². The minimum Gasteiger partial charge on any atom is -0.386 e. The van der Waals surface area contributed by atoms with Gasteiger partial charge in [0.25, 0.3) is 0 Å². The molecule has 0 heterocycles. The minimum atomic E-state index is -1.10. The molecule has 24 heavy (non-hydrogen) atoms. The average molecular weight is 333 g/mol. The van der Waals surface area contributed by atoms with Crippen LogP contribution < -0.4 is 5.32 Å². The average Bonchev–Trinajstić information content (AvgIpc) is 2.57. The van der Waals surface area contributed by atoms with Crippen molar-refractivity contribution in [3.05, 3.63) is 71.3 Å². The molecule has 0 aliphatic carbocycles. The summed E-state index contributed by atoms with van der Waals surface area (Å²) in [7, 11) is 0. The molecule has 0 bridgehead atoms. The first-order valence-electron chi connectivity index (χ1n) is 7.93. The number of rotatable bonds is 7. The van der Waals surface area contributed by atoms with Crippen molar-refractivity contribution in [2.45, 2.75) is 38.3 Å². The molecule has 2 N–H and O–H groups in total. The first-order valence-corrected chi connectivity index (χ1v) is 7.93. The van der Waals surface area contributed by atoms with Gasteiger partial charge in [-0.05, 0) is 43.0 Å². The van der Waals surface area contributed by atoms with Crippen molar-refractivity contribution >= 4 is 5.91 Å². The lowest BCUT2D eigenvalue weighted by molar-refractivity contribution is -0.122. The second-order valence-electron chi connectivity index (χ2n) is 5.81. The smallest absolute Gasteiger partial charge is 0.220 e. The van der Waals surface area contributed by atoms with Crippen LogP contribution in [0, 0.1) is 11.6 Å². The van der Waals surface area contributed by atoms with Crippen molar-refractivity contribution in [1.29, 1.82) is 0 Å². The molecule has 0 aliphatic rings. The van der Waals surface area contributed by atoms with Crippen molar-refractivity contribution in [2.75, 3.05) is 0 Å². The van der Waals surface area contributed by atoms with Gasteiger partial charge in [0.15, 0.2) is 11.6 Å². The topological polar surface area (TPSA) is 49.3 Å². The largest absolute Gasteiger partial charge is 0.386 e. The number of hydrogen-bond donors (Lipinski definition) is 2. The van der Waals surface area contributed by atoms with Gasteiger partial charge in [-0.15, -0.1) is 0 Å². The summed E-state index contributed by atoms with van der Waals surface area (Å²) in [6.45, 7) is 1.63. The van der Waals surface area contributed by atoms with Crippen molar-refractivity contribution in [3.8, 4) is 0 Å². The molecule has 128 valence electrons. The first-order chi connectivity index (χ1) is 11.5. The fourth-order valence-electron chi connectivity index (χ4n) is 2.49. The maximum Gasteiger partial charge on any atom is 0.220 e. The zero-order valence-electron chi connectivity index (χ0n) is 13.5.